The van der Waals surface area contributed by atoms with Gasteiger partial charge in [0.1, 0.15) is 0 Å². The van der Waals surface area contributed by atoms with E-state index in [1.165, 1.54) is 6.92 Å². The van der Waals surface area contributed by atoms with E-state index in [2.05, 4.69) is 0 Å². The summed E-state index contributed by atoms with van der Waals surface area (Å²) in [6.07, 6.45) is 1.16. The van der Waals surface area contributed by atoms with Gasteiger partial charge in [-0.1, -0.05) is 24.3 Å². The molecule has 0 aliphatic rings. The average molecular weight is 237 g/mol. The lowest BCUT2D eigenvalue weighted by Crippen LogP contribution is -2.47. The van der Waals surface area contributed by atoms with Gasteiger partial charge in [-0.25, -0.2) is 0 Å². The Morgan fingerprint density at radius 1 is 1.24 bits per heavy atom. The van der Waals surface area contributed by atoms with Crippen LogP contribution in [-0.4, -0.2) is 34.7 Å². The highest BCUT2D eigenvalue weighted by Gasteiger charge is 2.22. The van der Waals surface area contributed by atoms with E-state index in [-0.39, 0.29) is 19.0 Å². The highest BCUT2D eigenvalue weighted by Crippen LogP contribution is 2.12. The summed E-state index contributed by atoms with van der Waals surface area (Å²) in [5.74, 6) is 0.0374. The molecule has 0 saturated heterocycles. The van der Waals surface area contributed by atoms with Gasteiger partial charge in [0, 0.05) is 5.56 Å². The van der Waals surface area contributed by atoms with Crippen molar-refractivity contribution in [3.63, 3.8) is 0 Å². The minimum absolute atomic E-state index is 0.0374. The second-order valence-electron chi connectivity index (χ2n) is 4.43. The van der Waals surface area contributed by atoms with Crippen LogP contribution >= 0.6 is 0 Å². The van der Waals surface area contributed by atoms with E-state index in [4.69, 9.17) is 15.9 Å². The molecule has 17 heavy (non-hydrogen) atoms. The van der Waals surface area contributed by atoms with Crippen molar-refractivity contribution in [2.45, 2.75) is 25.3 Å². The molecule has 1 aromatic rings. The summed E-state index contributed by atoms with van der Waals surface area (Å²) in [7, 11) is 0. The van der Waals surface area contributed by atoms with E-state index in [0.717, 1.165) is 5.56 Å². The van der Waals surface area contributed by atoms with Crippen LogP contribution in [-0.2, 0) is 6.42 Å². The maximum absolute atomic E-state index is 11.1. The molecule has 4 N–H and O–H groups in total. The topological polar surface area (TPSA) is 83.6 Å². The van der Waals surface area contributed by atoms with Crippen molar-refractivity contribution in [3.8, 4) is 0 Å². The molecular formula is C13H19NO3. The number of Topliss-reactive ketones (excluding diaryl/α,β-unsaturated/α-hetero) is 1. The molecule has 0 aliphatic heterocycles. The van der Waals surface area contributed by atoms with E-state index in [1.54, 1.807) is 12.1 Å². The number of carbonyl (C=O) groups excluding carboxylic acids is 1. The largest absolute Gasteiger partial charge is 0.394 e. The predicted molar refractivity (Wildman–Crippen MR) is 65.9 cm³/mol. The van der Waals surface area contributed by atoms with Crippen molar-refractivity contribution in [1.82, 2.24) is 0 Å². The summed E-state index contributed by atoms with van der Waals surface area (Å²) in [4.78, 5) is 11.1. The normalized spacial score (nSPS) is 11.5. The molecule has 0 fully saturated rings. The number of aliphatic hydroxyl groups excluding tert-OH is 2. The smallest absolute Gasteiger partial charge is 0.159 e. The average Bonchev–Trinajstić information content (AvgIpc) is 2.36. The zero-order valence-corrected chi connectivity index (χ0v) is 10.0. The van der Waals surface area contributed by atoms with E-state index in [1.807, 2.05) is 12.1 Å². The Bertz CT molecular complexity index is 369. The third-order valence-corrected chi connectivity index (χ3v) is 2.90. The molecule has 0 aliphatic carbocycles. The first-order valence-electron chi connectivity index (χ1n) is 5.61. The molecular weight excluding hydrogens is 218 g/mol. The molecule has 1 aromatic carbocycles. The molecule has 0 heterocycles. The number of nitrogens with two attached hydrogens (primary N) is 1. The highest BCUT2D eigenvalue weighted by atomic mass is 16.3. The van der Waals surface area contributed by atoms with E-state index in [0.29, 0.717) is 18.4 Å². The molecule has 0 radical (unpaired) electrons. The van der Waals surface area contributed by atoms with Crippen LogP contribution in [0.25, 0.3) is 0 Å². The van der Waals surface area contributed by atoms with Gasteiger partial charge >= 0.3 is 0 Å². The minimum atomic E-state index is -0.931. The first-order valence-corrected chi connectivity index (χ1v) is 5.61. The Hall–Kier alpha value is -1.23. The van der Waals surface area contributed by atoms with Crippen LogP contribution in [0.3, 0.4) is 0 Å². The Kier molecular flexibility index (Phi) is 4.81. The molecule has 0 saturated carbocycles. The number of rotatable bonds is 6. The molecule has 94 valence electrons. The summed E-state index contributed by atoms with van der Waals surface area (Å²) in [5, 5.41) is 18.1. The van der Waals surface area contributed by atoms with Crippen molar-refractivity contribution in [2.24, 2.45) is 5.73 Å². The van der Waals surface area contributed by atoms with Gasteiger partial charge in [-0.3, -0.25) is 4.79 Å². The lowest BCUT2D eigenvalue weighted by molar-refractivity contribution is 0.101. The molecule has 0 unspecified atom stereocenters. The van der Waals surface area contributed by atoms with Gasteiger partial charge in [0.15, 0.2) is 5.78 Å². The van der Waals surface area contributed by atoms with Gasteiger partial charge in [-0.15, -0.1) is 0 Å². The minimum Gasteiger partial charge on any atom is -0.394 e. The zero-order chi connectivity index (χ0) is 12.9. The summed E-state index contributed by atoms with van der Waals surface area (Å²) in [6.45, 7) is 1.04. The number of ketones is 1. The summed E-state index contributed by atoms with van der Waals surface area (Å²) in [5.41, 5.74) is 6.55. The summed E-state index contributed by atoms with van der Waals surface area (Å²) < 4.78 is 0. The van der Waals surface area contributed by atoms with E-state index >= 15 is 0 Å². The third-order valence-electron chi connectivity index (χ3n) is 2.90. The fraction of sp³-hybridized carbons (Fsp3) is 0.462. The second-order valence-corrected chi connectivity index (χ2v) is 4.43. The number of aliphatic hydroxyl groups is 2. The molecule has 0 spiro atoms. The van der Waals surface area contributed by atoms with Gasteiger partial charge in [-0.05, 0) is 25.3 Å². The van der Waals surface area contributed by atoms with E-state index in [9.17, 15) is 4.79 Å². The maximum atomic E-state index is 11.1. The molecule has 0 aromatic heterocycles. The fourth-order valence-corrected chi connectivity index (χ4v) is 1.51. The van der Waals surface area contributed by atoms with Crippen molar-refractivity contribution >= 4 is 5.78 Å². The fourth-order valence-electron chi connectivity index (χ4n) is 1.51. The van der Waals surface area contributed by atoms with Crippen LogP contribution in [0, 0.1) is 0 Å². The standard InChI is InChI=1S/C13H19NO3/c1-10(17)12-4-2-11(3-5-12)6-7-13(14,8-15)9-16/h2-5,15-16H,6-9,14H2,1H3. The van der Waals surface area contributed by atoms with Crippen LogP contribution in [0.1, 0.15) is 29.3 Å². The van der Waals surface area contributed by atoms with Crippen molar-refractivity contribution in [2.75, 3.05) is 13.2 Å². The summed E-state index contributed by atoms with van der Waals surface area (Å²) in [6, 6.07) is 7.28. The van der Waals surface area contributed by atoms with E-state index < -0.39 is 5.54 Å². The first kappa shape index (κ1) is 13.8. The lowest BCUT2D eigenvalue weighted by atomic mass is 9.93. The van der Waals surface area contributed by atoms with Crippen LogP contribution in [0.5, 0.6) is 0 Å². The summed E-state index contributed by atoms with van der Waals surface area (Å²) >= 11 is 0. The SMILES string of the molecule is CC(=O)c1ccc(CCC(N)(CO)CO)cc1. The van der Waals surface area contributed by atoms with Crippen molar-refractivity contribution in [3.05, 3.63) is 35.4 Å². The predicted octanol–water partition coefficient (Wildman–Crippen LogP) is 0.504. The number of carbonyl (C=O) groups is 1. The van der Waals surface area contributed by atoms with Crippen LogP contribution in [0.4, 0.5) is 0 Å². The zero-order valence-electron chi connectivity index (χ0n) is 10.0. The van der Waals surface area contributed by atoms with Crippen LogP contribution < -0.4 is 5.73 Å². The van der Waals surface area contributed by atoms with Gasteiger partial charge < -0.3 is 15.9 Å². The van der Waals surface area contributed by atoms with Gasteiger partial charge in [-0.2, -0.15) is 0 Å². The Morgan fingerprint density at radius 3 is 2.18 bits per heavy atom. The highest BCUT2D eigenvalue weighted by molar-refractivity contribution is 5.93. The van der Waals surface area contributed by atoms with Crippen LogP contribution in [0.15, 0.2) is 24.3 Å². The molecule has 4 nitrogen and oxygen atoms in total. The number of aryl methyl sites for hydroxylation is 1. The van der Waals surface area contributed by atoms with Gasteiger partial charge in [0.25, 0.3) is 0 Å². The Balaban J connectivity index is 2.61. The Morgan fingerprint density at radius 2 is 1.76 bits per heavy atom. The monoisotopic (exact) mass is 237 g/mol. The van der Waals surface area contributed by atoms with Crippen molar-refractivity contribution in [1.29, 1.82) is 0 Å². The van der Waals surface area contributed by atoms with Crippen molar-refractivity contribution < 1.29 is 15.0 Å². The maximum Gasteiger partial charge on any atom is 0.159 e. The first-order chi connectivity index (χ1) is 8.00. The number of benzene rings is 1. The quantitative estimate of drug-likeness (QED) is 0.629. The molecule has 1 rings (SSSR count). The second kappa shape index (κ2) is 5.91. The molecule has 0 atom stereocenters. The number of hydrogen-bond donors (Lipinski definition) is 3. The lowest BCUT2D eigenvalue weighted by Gasteiger charge is -2.24. The Labute approximate surface area is 101 Å². The number of hydrogen-bond acceptors (Lipinski definition) is 4. The van der Waals surface area contributed by atoms with Crippen LogP contribution in [0.2, 0.25) is 0 Å². The molecule has 4 heteroatoms. The molecule has 0 bridgehead atoms. The van der Waals surface area contributed by atoms with Gasteiger partial charge in [0.05, 0.1) is 18.8 Å². The van der Waals surface area contributed by atoms with Gasteiger partial charge in [0.2, 0.25) is 0 Å². The molecule has 0 amide bonds. The third kappa shape index (κ3) is 3.93.